The first-order valence-corrected chi connectivity index (χ1v) is 5.87. The maximum atomic E-state index is 12.3. The average Bonchev–Trinajstić information content (AvgIpc) is 2.39. The van der Waals surface area contributed by atoms with Crippen molar-refractivity contribution in [3.63, 3.8) is 0 Å². The molecule has 17 heavy (non-hydrogen) atoms. The topological polar surface area (TPSA) is 41.6 Å². The van der Waals surface area contributed by atoms with Crippen molar-refractivity contribution in [1.82, 2.24) is 10.2 Å². The van der Waals surface area contributed by atoms with Gasteiger partial charge in [0.2, 0.25) is 0 Å². The molecule has 0 spiro atoms. The SMILES string of the molecule is COc1ccc(C)cc1C(=O)N1CCNCC1. The molecule has 4 heteroatoms. The van der Waals surface area contributed by atoms with Crippen molar-refractivity contribution in [3.05, 3.63) is 29.3 Å². The molecule has 1 aliphatic heterocycles. The highest BCUT2D eigenvalue weighted by Gasteiger charge is 2.20. The molecule has 1 saturated heterocycles. The Kier molecular flexibility index (Phi) is 3.64. The minimum atomic E-state index is 0.0621. The Morgan fingerprint density at radius 2 is 2.06 bits per heavy atom. The number of amides is 1. The highest BCUT2D eigenvalue weighted by molar-refractivity contribution is 5.97. The second-order valence-corrected chi connectivity index (χ2v) is 4.25. The fraction of sp³-hybridized carbons (Fsp3) is 0.462. The molecule has 1 aromatic carbocycles. The van der Waals surface area contributed by atoms with Gasteiger partial charge in [0.25, 0.3) is 5.91 Å². The highest BCUT2D eigenvalue weighted by Crippen LogP contribution is 2.21. The van der Waals surface area contributed by atoms with E-state index < -0.39 is 0 Å². The molecule has 0 radical (unpaired) electrons. The standard InChI is InChI=1S/C13H18N2O2/c1-10-3-4-12(17-2)11(9-10)13(16)15-7-5-14-6-8-15/h3-4,9,14H,5-8H2,1-2H3. The number of carbonyl (C=O) groups excluding carboxylic acids is 1. The molecule has 0 saturated carbocycles. The van der Waals surface area contributed by atoms with Crippen molar-refractivity contribution >= 4 is 5.91 Å². The second-order valence-electron chi connectivity index (χ2n) is 4.25. The fourth-order valence-electron chi connectivity index (χ4n) is 2.03. The molecule has 0 aromatic heterocycles. The van der Waals surface area contributed by atoms with Crippen molar-refractivity contribution in [2.45, 2.75) is 6.92 Å². The van der Waals surface area contributed by atoms with Crippen molar-refractivity contribution in [1.29, 1.82) is 0 Å². The van der Waals surface area contributed by atoms with Crippen LogP contribution in [0.4, 0.5) is 0 Å². The lowest BCUT2D eigenvalue weighted by molar-refractivity contribution is 0.0732. The Morgan fingerprint density at radius 3 is 2.71 bits per heavy atom. The summed E-state index contributed by atoms with van der Waals surface area (Å²) in [5.41, 5.74) is 1.73. The van der Waals surface area contributed by atoms with Crippen molar-refractivity contribution in [2.75, 3.05) is 33.3 Å². The number of hydrogen-bond donors (Lipinski definition) is 1. The Balaban J connectivity index is 2.25. The van der Waals surface area contributed by atoms with Gasteiger partial charge in [-0.1, -0.05) is 11.6 Å². The van der Waals surface area contributed by atoms with Gasteiger partial charge in [-0.05, 0) is 19.1 Å². The van der Waals surface area contributed by atoms with E-state index >= 15 is 0 Å². The van der Waals surface area contributed by atoms with Crippen LogP contribution in [0.15, 0.2) is 18.2 Å². The van der Waals surface area contributed by atoms with Crippen LogP contribution in [0.1, 0.15) is 15.9 Å². The number of nitrogens with one attached hydrogen (secondary N) is 1. The lowest BCUT2D eigenvalue weighted by Gasteiger charge is -2.28. The number of hydrogen-bond acceptors (Lipinski definition) is 3. The van der Waals surface area contributed by atoms with E-state index in [1.807, 2.05) is 30.0 Å². The average molecular weight is 234 g/mol. The van der Waals surface area contributed by atoms with Crippen LogP contribution in [0.2, 0.25) is 0 Å². The molecule has 1 amide bonds. The van der Waals surface area contributed by atoms with Crippen LogP contribution in [0, 0.1) is 6.92 Å². The van der Waals surface area contributed by atoms with Crippen LogP contribution in [0.5, 0.6) is 5.75 Å². The number of ether oxygens (including phenoxy) is 1. The van der Waals surface area contributed by atoms with Gasteiger partial charge in [0.05, 0.1) is 12.7 Å². The fourth-order valence-corrected chi connectivity index (χ4v) is 2.03. The number of nitrogens with zero attached hydrogens (tertiary/aromatic N) is 1. The maximum absolute atomic E-state index is 12.3. The number of carbonyl (C=O) groups is 1. The minimum Gasteiger partial charge on any atom is -0.496 e. The Morgan fingerprint density at radius 1 is 1.35 bits per heavy atom. The van der Waals surface area contributed by atoms with Crippen LogP contribution in [0.3, 0.4) is 0 Å². The number of piperazine rings is 1. The van der Waals surface area contributed by atoms with Gasteiger partial charge in [-0.25, -0.2) is 0 Å². The van der Waals surface area contributed by atoms with Crippen LogP contribution >= 0.6 is 0 Å². The van der Waals surface area contributed by atoms with E-state index in [1.165, 1.54) is 0 Å². The van der Waals surface area contributed by atoms with Crippen LogP contribution in [-0.4, -0.2) is 44.1 Å². The molecular weight excluding hydrogens is 216 g/mol. The molecule has 2 rings (SSSR count). The third-order valence-corrected chi connectivity index (χ3v) is 2.99. The summed E-state index contributed by atoms with van der Waals surface area (Å²) in [6.45, 7) is 5.22. The Hall–Kier alpha value is -1.55. The predicted molar refractivity (Wildman–Crippen MR) is 66.5 cm³/mol. The minimum absolute atomic E-state index is 0.0621. The van der Waals surface area contributed by atoms with E-state index in [1.54, 1.807) is 7.11 Å². The van der Waals surface area contributed by atoms with Crippen LogP contribution in [-0.2, 0) is 0 Å². The zero-order valence-corrected chi connectivity index (χ0v) is 10.3. The molecule has 92 valence electrons. The molecule has 1 aliphatic rings. The quantitative estimate of drug-likeness (QED) is 0.831. The third kappa shape index (κ3) is 2.58. The van der Waals surface area contributed by atoms with Gasteiger partial charge in [0.15, 0.2) is 0 Å². The molecule has 1 N–H and O–H groups in total. The monoisotopic (exact) mass is 234 g/mol. The molecule has 4 nitrogen and oxygen atoms in total. The smallest absolute Gasteiger partial charge is 0.257 e. The summed E-state index contributed by atoms with van der Waals surface area (Å²) in [5, 5.41) is 3.24. The Labute approximate surface area is 102 Å². The summed E-state index contributed by atoms with van der Waals surface area (Å²) in [5.74, 6) is 0.714. The van der Waals surface area contributed by atoms with E-state index in [9.17, 15) is 4.79 Å². The van der Waals surface area contributed by atoms with Crippen LogP contribution in [0.25, 0.3) is 0 Å². The predicted octanol–water partition coefficient (Wildman–Crippen LogP) is 1.05. The number of methoxy groups -OCH3 is 1. The van der Waals surface area contributed by atoms with Crippen molar-refractivity contribution in [3.8, 4) is 5.75 Å². The molecule has 0 atom stereocenters. The third-order valence-electron chi connectivity index (χ3n) is 2.99. The van der Waals surface area contributed by atoms with Crippen molar-refractivity contribution < 1.29 is 9.53 Å². The normalized spacial score (nSPS) is 15.8. The first-order chi connectivity index (χ1) is 8.22. The van der Waals surface area contributed by atoms with E-state index in [0.717, 1.165) is 31.7 Å². The summed E-state index contributed by atoms with van der Waals surface area (Å²) in [7, 11) is 1.60. The van der Waals surface area contributed by atoms with Crippen LogP contribution < -0.4 is 10.1 Å². The molecule has 1 fully saturated rings. The lowest BCUT2D eigenvalue weighted by Crippen LogP contribution is -2.46. The van der Waals surface area contributed by atoms with Gasteiger partial charge in [-0.15, -0.1) is 0 Å². The Bertz CT molecular complexity index is 412. The molecule has 0 unspecified atom stereocenters. The zero-order chi connectivity index (χ0) is 12.3. The van der Waals surface area contributed by atoms with Gasteiger partial charge >= 0.3 is 0 Å². The largest absolute Gasteiger partial charge is 0.496 e. The van der Waals surface area contributed by atoms with Gasteiger partial charge in [-0.2, -0.15) is 0 Å². The van der Waals surface area contributed by atoms with Gasteiger partial charge in [-0.3, -0.25) is 4.79 Å². The molecule has 1 heterocycles. The summed E-state index contributed by atoms with van der Waals surface area (Å²) in [6.07, 6.45) is 0. The first-order valence-electron chi connectivity index (χ1n) is 5.87. The van der Waals surface area contributed by atoms with Gasteiger partial charge in [0, 0.05) is 26.2 Å². The van der Waals surface area contributed by atoms with Gasteiger partial charge in [0.1, 0.15) is 5.75 Å². The zero-order valence-electron chi connectivity index (χ0n) is 10.3. The number of aryl methyl sites for hydroxylation is 1. The summed E-state index contributed by atoms with van der Waals surface area (Å²) >= 11 is 0. The maximum Gasteiger partial charge on any atom is 0.257 e. The number of benzene rings is 1. The van der Waals surface area contributed by atoms with Crippen molar-refractivity contribution in [2.24, 2.45) is 0 Å². The highest BCUT2D eigenvalue weighted by atomic mass is 16.5. The van der Waals surface area contributed by atoms with E-state index in [-0.39, 0.29) is 5.91 Å². The summed E-state index contributed by atoms with van der Waals surface area (Å²) < 4.78 is 5.25. The van der Waals surface area contributed by atoms with E-state index in [0.29, 0.717) is 11.3 Å². The molecule has 0 bridgehead atoms. The summed E-state index contributed by atoms with van der Waals surface area (Å²) in [6, 6.07) is 5.70. The molecular formula is C13H18N2O2. The molecule has 0 aliphatic carbocycles. The van der Waals surface area contributed by atoms with Gasteiger partial charge < -0.3 is 15.0 Å². The number of rotatable bonds is 2. The lowest BCUT2D eigenvalue weighted by atomic mass is 10.1. The molecule has 1 aromatic rings. The van der Waals surface area contributed by atoms with E-state index in [4.69, 9.17) is 4.74 Å². The first kappa shape index (κ1) is 11.9. The van der Waals surface area contributed by atoms with E-state index in [2.05, 4.69) is 5.32 Å². The second kappa shape index (κ2) is 5.19. The summed E-state index contributed by atoms with van der Waals surface area (Å²) in [4.78, 5) is 14.2.